The van der Waals surface area contributed by atoms with E-state index in [-0.39, 0.29) is 11.0 Å². The number of benzene rings is 2. The molecule has 6 nitrogen and oxygen atoms in total. The predicted octanol–water partition coefficient (Wildman–Crippen LogP) is 3.13. The van der Waals surface area contributed by atoms with E-state index >= 15 is 0 Å². The van der Waals surface area contributed by atoms with Gasteiger partial charge in [-0.05, 0) is 49.1 Å². The number of amides is 1. The van der Waals surface area contributed by atoms with Crippen LogP contribution in [0.5, 0.6) is 0 Å². The zero-order chi connectivity index (χ0) is 19.8. The molecule has 0 unspecified atom stereocenters. The van der Waals surface area contributed by atoms with Crippen LogP contribution in [-0.2, 0) is 19.4 Å². The van der Waals surface area contributed by atoms with Crippen molar-refractivity contribution in [3.63, 3.8) is 0 Å². The van der Waals surface area contributed by atoms with Gasteiger partial charge in [0.15, 0.2) is 0 Å². The number of nitrogens with one attached hydrogen (secondary N) is 2. The van der Waals surface area contributed by atoms with E-state index in [0.29, 0.717) is 17.4 Å². The topological polar surface area (TPSA) is 79.8 Å². The Balaban J connectivity index is 1.42. The number of nitrogens with zero attached hydrogens (tertiary/aromatic N) is 2. The Bertz CT molecular complexity index is 1270. The smallest absolute Gasteiger partial charge is 0.257 e. The minimum atomic E-state index is -0.391. The molecule has 5 rings (SSSR count). The molecule has 0 spiro atoms. The van der Waals surface area contributed by atoms with Crippen molar-refractivity contribution in [1.29, 1.82) is 0 Å². The summed E-state index contributed by atoms with van der Waals surface area (Å²) in [5, 5.41) is 8.15. The first-order valence-electron chi connectivity index (χ1n) is 9.76. The van der Waals surface area contributed by atoms with Gasteiger partial charge < -0.3 is 10.3 Å². The van der Waals surface area contributed by atoms with Crippen LogP contribution in [0.3, 0.4) is 0 Å². The maximum absolute atomic E-state index is 12.7. The van der Waals surface area contributed by atoms with Crippen molar-refractivity contribution in [2.45, 2.75) is 25.8 Å². The Morgan fingerprint density at radius 2 is 1.86 bits per heavy atom. The summed E-state index contributed by atoms with van der Waals surface area (Å²) in [6.07, 6.45) is 4.51. The van der Waals surface area contributed by atoms with E-state index in [9.17, 15) is 9.59 Å². The number of aromatic nitrogens is 3. The van der Waals surface area contributed by atoms with Gasteiger partial charge in [-0.15, -0.1) is 0 Å². The molecule has 0 saturated heterocycles. The molecule has 144 valence electrons. The molecule has 1 aliphatic rings. The molecule has 2 aromatic heterocycles. The first-order chi connectivity index (χ1) is 14.2. The van der Waals surface area contributed by atoms with E-state index in [0.717, 1.165) is 30.6 Å². The summed E-state index contributed by atoms with van der Waals surface area (Å²) in [6, 6.07) is 17.2. The summed E-state index contributed by atoms with van der Waals surface area (Å²) >= 11 is 0. The van der Waals surface area contributed by atoms with Crippen LogP contribution in [0.4, 0.5) is 0 Å². The number of H-pyrrole nitrogens is 1. The van der Waals surface area contributed by atoms with Gasteiger partial charge in [-0.2, -0.15) is 5.10 Å². The molecule has 2 N–H and O–H groups in total. The molecule has 0 saturated carbocycles. The predicted molar refractivity (Wildman–Crippen MR) is 111 cm³/mol. The van der Waals surface area contributed by atoms with E-state index in [1.165, 1.54) is 17.5 Å². The third kappa shape index (κ3) is 3.02. The van der Waals surface area contributed by atoms with Gasteiger partial charge in [0.2, 0.25) is 5.43 Å². The van der Waals surface area contributed by atoms with Crippen molar-refractivity contribution < 1.29 is 4.79 Å². The average Bonchev–Trinajstić information content (AvgIpc) is 3.36. The molecular weight excluding hydrogens is 364 g/mol. The van der Waals surface area contributed by atoms with E-state index in [1.807, 2.05) is 47.1 Å². The van der Waals surface area contributed by atoms with Gasteiger partial charge in [0.05, 0.1) is 17.9 Å². The van der Waals surface area contributed by atoms with Crippen LogP contribution >= 0.6 is 0 Å². The number of rotatable bonds is 4. The Labute approximate surface area is 167 Å². The molecule has 2 heterocycles. The van der Waals surface area contributed by atoms with Crippen molar-refractivity contribution in [2.24, 2.45) is 0 Å². The summed E-state index contributed by atoms with van der Waals surface area (Å²) in [4.78, 5) is 28.4. The monoisotopic (exact) mass is 384 g/mol. The zero-order valence-corrected chi connectivity index (χ0v) is 15.8. The molecule has 0 fully saturated rings. The highest BCUT2D eigenvalue weighted by Crippen LogP contribution is 2.27. The lowest BCUT2D eigenvalue weighted by Gasteiger charge is -2.06. The molecule has 29 heavy (non-hydrogen) atoms. The Kier molecular flexibility index (Phi) is 4.24. The summed E-state index contributed by atoms with van der Waals surface area (Å²) < 4.78 is 1.98. The van der Waals surface area contributed by atoms with Crippen LogP contribution in [0.1, 0.15) is 33.7 Å². The van der Waals surface area contributed by atoms with Crippen LogP contribution in [-0.4, -0.2) is 20.7 Å². The lowest BCUT2D eigenvalue weighted by Crippen LogP contribution is -2.29. The number of hydrogen-bond acceptors (Lipinski definition) is 3. The van der Waals surface area contributed by atoms with Gasteiger partial charge >= 0.3 is 0 Å². The minimum absolute atomic E-state index is 0.114. The number of pyridine rings is 1. The van der Waals surface area contributed by atoms with Gasteiger partial charge in [0.1, 0.15) is 5.56 Å². The number of aromatic amines is 1. The number of hydrogen-bond donors (Lipinski definition) is 2. The molecule has 0 atom stereocenters. The van der Waals surface area contributed by atoms with Crippen LogP contribution in [0.2, 0.25) is 0 Å². The standard InChI is InChI=1S/C23H20N4O2/c28-22-17-9-4-5-11-19(17)24-13-18(22)23(29)25-14-20-16-10-6-12-21(16)27(26-20)15-7-2-1-3-8-15/h1-5,7-9,11,13H,6,10,12,14H2,(H,24,28)(H,25,29). The lowest BCUT2D eigenvalue weighted by molar-refractivity contribution is 0.0949. The fourth-order valence-corrected chi connectivity index (χ4v) is 4.03. The molecule has 1 amide bonds. The second-order valence-corrected chi connectivity index (χ2v) is 7.23. The van der Waals surface area contributed by atoms with Gasteiger partial charge in [0, 0.05) is 22.8 Å². The minimum Gasteiger partial charge on any atom is -0.360 e. The van der Waals surface area contributed by atoms with E-state index < -0.39 is 5.91 Å². The Hall–Kier alpha value is -3.67. The first kappa shape index (κ1) is 17.4. The fraction of sp³-hybridized carbons (Fsp3) is 0.174. The number of fused-ring (bicyclic) bond motifs is 2. The summed E-state index contributed by atoms with van der Waals surface area (Å²) in [6.45, 7) is 0.299. The average molecular weight is 384 g/mol. The molecule has 4 aromatic rings. The maximum atomic E-state index is 12.7. The quantitative estimate of drug-likeness (QED) is 0.567. The molecule has 2 aromatic carbocycles. The SMILES string of the molecule is O=C(NCc1nn(-c2ccccc2)c2c1CCC2)c1c[nH]c2ccccc2c1=O. The summed E-state index contributed by atoms with van der Waals surface area (Å²) in [5.74, 6) is -0.391. The van der Waals surface area contributed by atoms with E-state index in [4.69, 9.17) is 5.10 Å². The summed E-state index contributed by atoms with van der Waals surface area (Å²) in [5.41, 5.74) is 4.87. The van der Waals surface area contributed by atoms with Crippen LogP contribution in [0.15, 0.2) is 65.6 Å². The molecule has 0 aliphatic heterocycles. The van der Waals surface area contributed by atoms with Gasteiger partial charge in [-0.3, -0.25) is 9.59 Å². The molecule has 1 aliphatic carbocycles. The van der Waals surface area contributed by atoms with E-state index in [2.05, 4.69) is 10.3 Å². The van der Waals surface area contributed by atoms with Gasteiger partial charge in [0.25, 0.3) is 5.91 Å². The first-order valence-corrected chi connectivity index (χ1v) is 9.76. The second kappa shape index (κ2) is 7.05. The zero-order valence-electron chi connectivity index (χ0n) is 15.8. The van der Waals surface area contributed by atoms with Crippen LogP contribution in [0.25, 0.3) is 16.6 Å². The van der Waals surface area contributed by atoms with Crippen LogP contribution in [0, 0.1) is 0 Å². The van der Waals surface area contributed by atoms with E-state index in [1.54, 1.807) is 12.1 Å². The Morgan fingerprint density at radius 1 is 1.07 bits per heavy atom. The summed E-state index contributed by atoms with van der Waals surface area (Å²) in [7, 11) is 0. The highest BCUT2D eigenvalue weighted by atomic mass is 16.2. The number of para-hydroxylation sites is 2. The number of carbonyl (C=O) groups excluding carboxylic acids is 1. The maximum Gasteiger partial charge on any atom is 0.257 e. The van der Waals surface area contributed by atoms with Crippen molar-refractivity contribution in [3.05, 3.63) is 93.5 Å². The van der Waals surface area contributed by atoms with Crippen molar-refractivity contribution in [3.8, 4) is 5.69 Å². The third-order valence-corrected chi connectivity index (χ3v) is 5.46. The Morgan fingerprint density at radius 3 is 2.72 bits per heavy atom. The normalized spacial score (nSPS) is 12.8. The molecule has 0 radical (unpaired) electrons. The van der Waals surface area contributed by atoms with Crippen molar-refractivity contribution in [1.82, 2.24) is 20.1 Å². The highest BCUT2D eigenvalue weighted by Gasteiger charge is 2.23. The molecular formula is C23H20N4O2. The lowest BCUT2D eigenvalue weighted by atomic mass is 10.1. The highest BCUT2D eigenvalue weighted by molar-refractivity contribution is 5.97. The largest absolute Gasteiger partial charge is 0.360 e. The van der Waals surface area contributed by atoms with Gasteiger partial charge in [-0.1, -0.05) is 30.3 Å². The molecule has 6 heteroatoms. The van der Waals surface area contributed by atoms with Gasteiger partial charge in [-0.25, -0.2) is 4.68 Å². The van der Waals surface area contributed by atoms with Crippen molar-refractivity contribution >= 4 is 16.8 Å². The van der Waals surface area contributed by atoms with Crippen LogP contribution < -0.4 is 10.7 Å². The number of carbonyl (C=O) groups is 1. The van der Waals surface area contributed by atoms with Crippen molar-refractivity contribution in [2.75, 3.05) is 0 Å². The fourth-order valence-electron chi connectivity index (χ4n) is 4.03. The molecule has 0 bridgehead atoms. The third-order valence-electron chi connectivity index (χ3n) is 5.46. The second-order valence-electron chi connectivity index (χ2n) is 7.23.